The lowest BCUT2D eigenvalue weighted by molar-refractivity contribution is 0.0913. The van der Waals surface area contributed by atoms with Gasteiger partial charge in [0.25, 0.3) is 5.91 Å². The molecular formula is C21H27N5O3. The molecule has 1 aromatic carbocycles. The van der Waals surface area contributed by atoms with E-state index in [0.29, 0.717) is 12.5 Å². The summed E-state index contributed by atoms with van der Waals surface area (Å²) in [5.41, 5.74) is 1.26. The lowest BCUT2D eigenvalue weighted by atomic mass is 10.1. The van der Waals surface area contributed by atoms with E-state index in [4.69, 9.17) is 9.47 Å². The van der Waals surface area contributed by atoms with Crippen molar-refractivity contribution in [3.63, 3.8) is 0 Å². The highest BCUT2D eigenvalue weighted by Crippen LogP contribution is 2.32. The van der Waals surface area contributed by atoms with Crippen LogP contribution in [0.2, 0.25) is 0 Å². The molecule has 2 aromatic rings. The smallest absolute Gasteiger partial charge is 0.272 e. The average Bonchev–Trinajstić information content (AvgIpc) is 3.15. The Labute approximate surface area is 170 Å². The molecule has 0 aliphatic carbocycles. The first-order chi connectivity index (χ1) is 13.9. The maximum Gasteiger partial charge on any atom is 0.272 e. The van der Waals surface area contributed by atoms with Crippen molar-refractivity contribution in [2.75, 3.05) is 37.9 Å². The summed E-state index contributed by atoms with van der Waals surface area (Å²) in [7, 11) is 0. The Kier molecular flexibility index (Phi) is 5.27. The quantitative estimate of drug-likeness (QED) is 0.846. The second-order valence-corrected chi connectivity index (χ2v) is 8.43. The Balaban J connectivity index is 1.31. The number of anilines is 1. The monoisotopic (exact) mass is 397 g/mol. The normalized spacial score (nSPS) is 16.7. The highest BCUT2D eigenvalue weighted by Gasteiger charge is 2.21. The van der Waals surface area contributed by atoms with Gasteiger partial charge in [-0.15, -0.1) is 10.2 Å². The van der Waals surface area contributed by atoms with E-state index in [1.54, 1.807) is 6.07 Å². The Morgan fingerprint density at radius 1 is 1.03 bits per heavy atom. The topological polar surface area (TPSA) is 79.8 Å². The summed E-state index contributed by atoms with van der Waals surface area (Å²) in [6.07, 6.45) is 0. The molecule has 8 heteroatoms. The second kappa shape index (κ2) is 7.87. The van der Waals surface area contributed by atoms with E-state index in [2.05, 4.69) is 37.4 Å². The lowest BCUT2D eigenvalue weighted by Gasteiger charge is -2.35. The lowest BCUT2D eigenvalue weighted by Crippen LogP contribution is -2.46. The van der Waals surface area contributed by atoms with Crippen LogP contribution in [0.4, 0.5) is 5.82 Å². The van der Waals surface area contributed by atoms with Gasteiger partial charge in [0.2, 0.25) is 6.79 Å². The molecule has 4 rings (SSSR count). The summed E-state index contributed by atoms with van der Waals surface area (Å²) in [6, 6.07) is 9.73. The number of carbonyl (C=O) groups is 1. The van der Waals surface area contributed by atoms with E-state index in [9.17, 15) is 4.79 Å². The minimum Gasteiger partial charge on any atom is -0.454 e. The molecule has 8 nitrogen and oxygen atoms in total. The highest BCUT2D eigenvalue weighted by molar-refractivity contribution is 5.92. The van der Waals surface area contributed by atoms with Gasteiger partial charge in [-0.25, -0.2) is 0 Å². The van der Waals surface area contributed by atoms with Crippen molar-refractivity contribution in [1.29, 1.82) is 0 Å². The first kappa shape index (κ1) is 19.4. The van der Waals surface area contributed by atoms with Crippen molar-refractivity contribution in [3.8, 4) is 11.5 Å². The fourth-order valence-corrected chi connectivity index (χ4v) is 3.45. The third-order valence-corrected chi connectivity index (χ3v) is 4.91. The van der Waals surface area contributed by atoms with E-state index >= 15 is 0 Å². The third kappa shape index (κ3) is 4.76. The van der Waals surface area contributed by atoms with Crippen molar-refractivity contribution >= 4 is 11.7 Å². The molecule has 1 fully saturated rings. The highest BCUT2D eigenvalue weighted by atomic mass is 16.7. The number of aromatic nitrogens is 2. The van der Waals surface area contributed by atoms with Gasteiger partial charge >= 0.3 is 0 Å². The molecule has 0 unspecified atom stereocenters. The van der Waals surface area contributed by atoms with Gasteiger partial charge in [0.05, 0.1) is 0 Å². The molecule has 154 valence electrons. The minimum atomic E-state index is -0.300. The fourth-order valence-electron chi connectivity index (χ4n) is 3.45. The fraction of sp³-hybridized carbons (Fsp3) is 0.476. The number of fused-ring (bicyclic) bond motifs is 1. The predicted molar refractivity (Wildman–Crippen MR) is 109 cm³/mol. The third-order valence-electron chi connectivity index (χ3n) is 4.91. The first-order valence-electron chi connectivity index (χ1n) is 9.89. The average molecular weight is 397 g/mol. The molecular weight excluding hydrogens is 370 g/mol. The maximum atomic E-state index is 12.2. The van der Waals surface area contributed by atoms with Gasteiger partial charge in [-0.05, 0) is 50.6 Å². The van der Waals surface area contributed by atoms with Crippen molar-refractivity contribution in [3.05, 3.63) is 41.6 Å². The van der Waals surface area contributed by atoms with Crippen molar-refractivity contribution < 1.29 is 14.3 Å². The maximum absolute atomic E-state index is 12.2. The summed E-state index contributed by atoms with van der Waals surface area (Å²) in [5, 5.41) is 11.3. The van der Waals surface area contributed by atoms with Crippen molar-refractivity contribution in [1.82, 2.24) is 20.4 Å². The summed E-state index contributed by atoms with van der Waals surface area (Å²) in [5.74, 6) is 2.24. The number of benzene rings is 1. The van der Waals surface area contributed by atoms with Crippen molar-refractivity contribution in [2.24, 2.45) is 0 Å². The van der Waals surface area contributed by atoms with Crippen LogP contribution >= 0.6 is 0 Å². The van der Waals surface area contributed by atoms with E-state index in [-0.39, 0.29) is 11.4 Å². The molecule has 0 radical (unpaired) electrons. The number of nitrogens with zero attached hydrogens (tertiary/aromatic N) is 4. The number of nitrogens with one attached hydrogen (secondary N) is 1. The molecule has 1 saturated heterocycles. The van der Waals surface area contributed by atoms with Crippen LogP contribution in [0.3, 0.4) is 0 Å². The van der Waals surface area contributed by atoms with E-state index < -0.39 is 0 Å². The first-order valence-corrected chi connectivity index (χ1v) is 9.89. The van der Waals surface area contributed by atoms with Crippen LogP contribution in [0.15, 0.2) is 30.3 Å². The van der Waals surface area contributed by atoms with Gasteiger partial charge in [-0.3, -0.25) is 9.69 Å². The molecule has 2 aliphatic rings. The number of hydrogen-bond acceptors (Lipinski definition) is 7. The summed E-state index contributed by atoms with van der Waals surface area (Å²) in [6.45, 7) is 10.6. The van der Waals surface area contributed by atoms with E-state index in [1.807, 2.05) is 32.9 Å². The van der Waals surface area contributed by atoms with Crippen LogP contribution in [-0.4, -0.2) is 59.5 Å². The van der Waals surface area contributed by atoms with Gasteiger partial charge in [-0.1, -0.05) is 6.07 Å². The Hall–Kier alpha value is -2.87. The zero-order valence-corrected chi connectivity index (χ0v) is 17.1. The molecule has 0 spiro atoms. The standard InChI is InChI=1S/C21H27N5O3/c1-21(2,3)22-20(27)16-5-7-19(24-23-16)26-10-8-25(9-11-26)13-15-4-6-17-18(12-15)29-14-28-17/h4-7,12H,8-11,13-14H2,1-3H3,(H,22,27). The summed E-state index contributed by atoms with van der Waals surface area (Å²) >= 11 is 0. The van der Waals surface area contributed by atoms with Crippen LogP contribution in [-0.2, 0) is 6.54 Å². The Bertz CT molecular complexity index is 871. The summed E-state index contributed by atoms with van der Waals surface area (Å²) < 4.78 is 10.8. The van der Waals surface area contributed by atoms with Gasteiger partial charge in [0.1, 0.15) is 0 Å². The predicted octanol–water partition coefficient (Wildman–Crippen LogP) is 2.06. The molecule has 29 heavy (non-hydrogen) atoms. The number of ether oxygens (including phenoxy) is 2. The zero-order valence-electron chi connectivity index (χ0n) is 17.1. The molecule has 0 atom stereocenters. The van der Waals surface area contributed by atoms with Gasteiger partial charge < -0.3 is 19.7 Å². The number of rotatable bonds is 4. The number of hydrogen-bond donors (Lipinski definition) is 1. The molecule has 0 saturated carbocycles. The molecule has 0 bridgehead atoms. The molecule has 2 aliphatic heterocycles. The number of amides is 1. The molecule has 1 N–H and O–H groups in total. The molecule has 1 aromatic heterocycles. The van der Waals surface area contributed by atoms with Gasteiger partial charge in [0, 0.05) is 38.3 Å². The largest absolute Gasteiger partial charge is 0.454 e. The number of piperazine rings is 1. The van der Waals surface area contributed by atoms with Crippen LogP contribution in [0.5, 0.6) is 11.5 Å². The van der Waals surface area contributed by atoms with Gasteiger partial charge in [-0.2, -0.15) is 0 Å². The van der Waals surface area contributed by atoms with E-state index in [0.717, 1.165) is 50.0 Å². The number of carbonyl (C=O) groups excluding carboxylic acids is 1. The second-order valence-electron chi connectivity index (χ2n) is 8.43. The van der Waals surface area contributed by atoms with Crippen LogP contribution < -0.4 is 19.7 Å². The Morgan fingerprint density at radius 2 is 1.79 bits per heavy atom. The van der Waals surface area contributed by atoms with Crippen molar-refractivity contribution in [2.45, 2.75) is 32.9 Å². The molecule has 1 amide bonds. The van der Waals surface area contributed by atoms with Crippen LogP contribution in [0.1, 0.15) is 36.8 Å². The SMILES string of the molecule is CC(C)(C)NC(=O)c1ccc(N2CCN(Cc3ccc4c(c3)OCO4)CC2)nn1. The minimum absolute atomic E-state index is 0.204. The zero-order chi connectivity index (χ0) is 20.4. The molecule has 3 heterocycles. The van der Waals surface area contributed by atoms with Gasteiger partial charge in [0.15, 0.2) is 23.0 Å². The Morgan fingerprint density at radius 3 is 2.48 bits per heavy atom. The van der Waals surface area contributed by atoms with Crippen LogP contribution in [0.25, 0.3) is 0 Å². The summed E-state index contributed by atoms with van der Waals surface area (Å²) in [4.78, 5) is 16.8. The van der Waals surface area contributed by atoms with Crippen LogP contribution in [0, 0.1) is 0 Å². The van der Waals surface area contributed by atoms with E-state index in [1.165, 1.54) is 5.56 Å².